The van der Waals surface area contributed by atoms with E-state index >= 15 is 0 Å². The minimum Gasteiger partial charge on any atom is -0.497 e. The Labute approximate surface area is 163 Å². The summed E-state index contributed by atoms with van der Waals surface area (Å²) in [5.41, 5.74) is 2.71. The summed E-state index contributed by atoms with van der Waals surface area (Å²) in [6.45, 7) is 1.85. The lowest BCUT2D eigenvalue weighted by atomic mass is 10.2. The highest BCUT2D eigenvalue weighted by atomic mass is 16.5. The van der Waals surface area contributed by atoms with Crippen molar-refractivity contribution in [1.82, 2.24) is 19.4 Å². The minimum absolute atomic E-state index is 0.132. The summed E-state index contributed by atoms with van der Waals surface area (Å²) in [4.78, 5) is 23.7. The molecule has 0 spiro atoms. The number of hydrogen-bond donors (Lipinski definition) is 0. The van der Waals surface area contributed by atoms with E-state index in [0.29, 0.717) is 19.6 Å². The average molecular weight is 380 g/mol. The van der Waals surface area contributed by atoms with Gasteiger partial charge in [-0.05, 0) is 42.8 Å². The molecule has 0 radical (unpaired) electrons. The average Bonchev–Trinajstić information content (AvgIpc) is 3.36. The summed E-state index contributed by atoms with van der Waals surface area (Å²) < 4.78 is 12.5. The number of rotatable bonds is 6. The quantitative estimate of drug-likeness (QED) is 0.658. The van der Waals surface area contributed by atoms with Crippen LogP contribution in [-0.2, 0) is 9.53 Å². The van der Waals surface area contributed by atoms with Gasteiger partial charge in [-0.1, -0.05) is 0 Å². The first-order valence-electron chi connectivity index (χ1n) is 9.45. The fourth-order valence-corrected chi connectivity index (χ4v) is 3.75. The molecule has 7 nitrogen and oxygen atoms in total. The van der Waals surface area contributed by atoms with Gasteiger partial charge in [0.1, 0.15) is 17.1 Å². The molecule has 146 valence electrons. The Hall–Kier alpha value is -2.93. The van der Waals surface area contributed by atoms with E-state index in [1.54, 1.807) is 20.4 Å². The molecule has 1 aliphatic heterocycles. The van der Waals surface area contributed by atoms with Gasteiger partial charge < -0.3 is 18.9 Å². The fraction of sp³-hybridized carbons (Fsp3) is 0.381. The molecule has 7 heteroatoms. The summed E-state index contributed by atoms with van der Waals surface area (Å²) in [7, 11) is 3.27. The molecule has 1 fully saturated rings. The molecule has 4 rings (SSSR count). The monoisotopic (exact) mass is 380 g/mol. The number of pyridine rings is 1. The van der Waals surface area contributed by atoms with Crippen LogP contribution in [0.3, 0.4) is 0 Å². The number of ether oxygens (including phenoxy) is 2. The van der Waals surface area contributed by atoms with E-state index in [1.165, 1.54) is 0 Å². The van der Waals surface area contributed by atoms with Crippen LogP contribution in [-0.4, -0.2) is 59.3 Å². The van der Waals surface area contributed by atoms with Crippen molar-refractivity contribution in [1.29, 1.82) is 0 Å². The van der Waals surface area contributed by atoms with Gasteiger partial charge in [0, 0.05) is 32.0 Å². The van der Waals surface area contributed by atoms with Crippen molar-refractivity contribution < 1.29 is 14.3 Å². The number of methoxy groups -OCH3 is 2. The first-order chi connectivity index (χ1) is 13.7. The molecule has 3 heterocycles. The Morgan fingerprint density at radius 1 is 1.21 bits per heavy atom. The summed E-state index contributed by atoms with van der Waals surface area (Å²) in [5.74, 6) is 1.81. The van der Waals surface area contributed by atoms with Crippen LogP contribution in [0.15, 0.2) is 42.6 Å². The molecular weight excluding hydrogens is 356 g/mol. The maximum absolute atomic E-state index is 12.4. The van der Waals surface area contributed by atoms with E-state index in [2.05, 4.69) is 9.55 Å². The number of amides is 1. The Morgan fingerprint density at radius 3 is 2.79 bits per heavy atom. The molecule has 1 saturated heterocycles. The second kappa shape index (κ2) is 7.98. The number of benzene rings is 1. The second-order valence-corrected chi connectivity index (χ2v) is 6.91. The first-order valence-corrected chi connectivity index (χ1v) is 9.45. The molecule has 0 aliphatic carbocycles. The van der Waals surface area contributed by atoms with Gasteiger partial charge in [-0.15, -0.1) is 0 Å². The highest BCUT2D eigenvalue weighted by Gasteiger charge is 2.30. The molecule has 1 atom stereocenters. The third-order valence-electron chi connectivity index (χ3n) is 5.20. The lowest BCUT2D eigenvalue weighted by Gasteiger charge is -2.19. The van der Waals surface area contributed by atoms with E-state index < -0.39 is 0 Å². The molecule has 1 unspecified atom stereocenters. The first kappa shape index (κ1) is 18.4. The van der Waals surface area contributed by atoms with Crippen LogP contribution in [0.5, 0.6) is 5.75 Å². The van der Waals surface area contributed by atoms with E-state index in [1.807, 2.05) is 41.3 Å². The number of imidazole rings is 1. The number of carbonyl (C=O) groups is 1. The molecular formula is C21H24N4O3. The van der Waals surface area contributed by atoms with Crippen LogP contribution in [0.4, 0.5) is 0 Å². The lowest BCUT2D eigenvalue weighted by molar-refractivity contribution is -0.131. The van der Waals surface area contributed by atoms with Crippen LogP contribution < -0.4 is 4.74 Å². The van der Waals surface area contributed by atoms with Crippen LogP contribution >= 0.6 is 0 Å². The molecule has 1 aliphatic rings. The predicted octanol–water partition coefficient (Wildman–Crippen LogP) is 2.92. The van der Waals surface area contributed by atoms with Gasteiger partial charge in [-0.2, -0.15) is 0 Å². The van der Waals surface area contributed by atoms with E-state index in [9.17, 15) is 4.79 Å². The van der Waals surface area contributed by atoms with Gasteiger partial charge in [0.25, 0.3) is 0 Å². The number of carbonyl (C=O) groups excluding carboxylic acids is 1. The Bertz CT molecular complexity index is 967. The van der Waals surface area contributed by atoms with Crippen molar-refractivity contribution in [3.63, 3.8) is 0 Å². The van der Waals surface area contributed by atoms with Crippen LogP contribution in [0, 0.1) is 0 Å². The smallest absolute Gasteiger partial charge is 0.224 e. The topological polar surface area (TPSA) is 69.5 Å². The largest absolute Gasteiger partial charge is 0.497 e. The molecule has 0 N–H and O–H groups in total. The third-order valence-corrected chi connectivity index (χ3v) is 5.20. The number of aromatic nitrogens is 3. The Morgan fingerprint density at radius 2 is 2.04 bits per heavy atom. The maximum Gasteiger partial charge on any atom is 0.224 e. The molecule has 2 aromatic heterocycles. The number of likely N-dealkylation sites (tertiary alicyclic amines) is 1. The van der Waals surface area contributed by atoms with Gasteiger partial charge in [0.05, 0.1) is 26.2 Å². The van der Waals surface area contributed by atoms with E-state index in [4.69, 9.17) is 14.5 Å². The lowest BCUT2D eigenvalue weighted by Crippen LogP contribution is -2.29. The van der Waals surface area contributed by atoms with Crippen LogP contribution in [0.1, 0.15) is 18.9 Å². The zero-order chi connectivity index (χ0) is 19.5. The van der Waals surface area contributed by atoms with Crippen LogP contribution in [0.25, 0.3) is 22.6 Å². The van der Waals surface area contributed by atoms with E-state index in [-0.39, 0.29) is 11.9 Å². The van der Waals surface area contributed by atoms with Crippen molar-refractivity contribution in [2.45, 2.75) is 18.9 Å². The summed E-state index contributed by atoms with van der Waals surface area (Å²) >= 11 is 0. The molecule has 1 amide bonds. The van der Waals surface area contributed by atoms with Crippen LogP contribution in [0.2, 0.25) is 0 Å². The van der Waals surface area contributed by atoms with Crippen molar-refractivity contribution in [3.05, 3.63) is 42.6 Å². The maximum atomic E-state index is 12.4. The number of hydrogen-bond acceptors (Lipinski definition) is 5. The Kier molecular flexibility index (Phi) is 5.25. The minimum atomic E-state index is 0.132. The molecule has 1 aromatic carbocycles. The zero-order valence-electron chi connectivity index (χ0n) is 16.2. The van der Waals surface area contributed by atoms with Crippen molar-refractivity contribution in [2.24, 2.45) is 0 Å². The SMILES string of the molecule is COCCC(=O)N1CCC(n2c(-c3ccc(OC)cc3)nc3cccnc32)C1. The standard InChI is InChI=1S/C21H24N4O3/c1-27-13-10-19(26)24-12-9-16(14-24)25-20(15-5-7-17(28-2)8-6-15)23-18-4-3-11-22-21(18)25/h3-8,11,16H,9-10,12-14H2,1-2H3. The summed E-state index contributed by atoms with van der Waals surface area (Å²) in [5, 5.41) is 0. The fourth-order valence-electron chi connectivity index (χ4n) is 3.75. The zero-order valence-corrected chi connectivity index (χ0v) is 16.2. The Balaban J connectivity index is 1.69. The highest BCUT2D eigenvalue weighted by molar-refractivity contribution is 5.78. The van der Waals surface area contributed by atoms with Gasteiger partial charge in [0.2, 0.25) is 5.91 Å². The summed E-state index contributed by atoms with van der Waals surface area (Å²) in [6.07, 6.45) is 3.08. The molecule has 0 saturated carbocycles. The van der Waals surface area contributed by atoms with Gasteiger partial charge in [0.15, 0.2) is 5.65 Å². The second-order valence-electron chi connectivity index (χ2n) is 6.91. The predicted molar refractivity (Wildman–Crippen MR) is 106 cm³/mol. The molecule has 3 aromatic rings. The molecule has 0 bridgehead atoms. The van der Waals surface area contributed by atoms with Crippen molar-refractivity contribution in [3.8, 4) is 17.1 Å². The molecule has 28 heavy (non-hydrogen) atoms. The third kappa shape index (κ3) is 3.45. The van der Waals surface area contributed by atoms with Gasteiger partial charge in [-0.3, -0.25) is 4.79 Å². The van der Waals surface area contributed by atoms with E-state index in [0.717, 1.165) is 41.3 Å². The highest BCUT2D eigenvalue weighted by Crippen LogP contribution is 2.32. The summed E-state index contributed by atoms with van der Waals surface area (Å²) in [6, 6.07) is 11.9. The normalized spacial score (nSPS) is 16.6. The van der Waals surface area contributed by atoms with Crippen molar-refractivity contribution >= 4 is 17.1 Å². The number of fused-ring (bicyclic) bond motifs is 1. The number of nitrogens with zero attached hydrogens (tertiary/aromatic N) is 4. The van der Waals surface area contributed by atoms with Gasteiger partial charge >= 0.3 is 0 Å². The van der Waals surface area contributed by atoms with Crippen molar-refractivity contribution in [2.75, 3.05) is 33.9 Å². The van der Waals surface area contributed by atoms with Gasteiger partial charge in [-0.25, -0.2) is 9.97 Å².